The summed E-state index contributed by atoms with van der Waals surface area (Å²) in [6, 6.07) is 3.11. The van der Waals surface area contributed by atoms with Gasteiger partial charge in [0.15, 0.2) is 0 Å². The molecule has 1 aromatic heterocycles. The highest BCUT2D eigenvalue weighted by Gasteiger charge is 2.15. The molecule has 0 saturated carbocycles. The van der Waals surface area contributed by atoms with E-state index in [4.69, 9.17) is 10.5 Å². The summed E-state index contributed by atoms with van der Waals surface area (Å²) in [7, 11) is 0. The Morgan fingerprint density at radius 2 is 2.50 bits per heavy atom. The number of nitrogens with two attached hydrogens (primary N) is 1. The maximum absolute atomic E-state index is 11.3. The fourth-order valence-electron chi connectivity index (χ4n) is 0.963. The Kier molecular flexibility index (Phi) is 5.79. The van der Waals surface area contributed by atoms with Gasteiger partial charge in [0.25, 0.3) is 0 Å². The van der Waals surface area contributed by atoms with Crippen molar-refractivity contribution >= 4 is 33.7 Å². The Morgan fingerprint density at radius 3 is 3.12 bits per heavy atom. The number of pyridine rings is 1. The minimum absolute atomic E-state index is 0.352. The van der Waals surface area contributed by atoms with Gasteiger partial charge in [-0.25, -0.2) is 4.98 Å². The highest BCUT2D eigenvalue weighted by atomic mass is 79.9. The molecule has 6 heteroatoms. The van der Waals surface area contributed by atoms with Crippen molar-refractivity contribution in [3.8, 4) is 0 Å². The summed E-state index contributed by atoms with van der Waals surface area (Å²) in [6.07, 6.45) is 1.70. The lowest BCUT2D eigenvalue weighted by atomic mass is 10.4. The standard InChI is InChI=1S/C10H13BrN2O2S/c1-2-15-10(14)8(12)6-16-9-7(11)4-3-5-13-9/h3-5,8H,2,6,12H2,1H3. The maximum Gasteiger partial charge on any atom is 0.323 e. The van der Waals surface area contributed by atoms with Crippen LogP contribution in [0, 0.1) is 0 Å². The van der Waals surface area contributed by atoms with Gasteiger partial charge in [-0.2, -0.15) is 0 Å². The van der Waals surface area contributed by atoms with Crippen molar-refractivity contribution in [2.75, 3.05) is 12.4 Å². The van der Waals surface area contributed by atoms with Crippen molar-refractivity contribution in [2.24, 2.45) is 5.73 Å². The second kappa shape index (κ2) is 6.88. The van der Waals surface area contributed by atoms with Crippen molar-refractivity contribution in [3.63, 3.8) is 0 Å². The number of hydrogen-bond acceptors (Lipinski definition) is 5. The molecule has 0 fully saturated rings. The Balaban J connectivity index is 2.46. The van der Waals surface area contributed by atoms with Gasteiger partial charge in [0.1, 0.15) is 11.1 Å². The summed E-state index contributed by atoms with van der Waals surface area (Å²) in [4.78, 5) is 15.4. The number of nitrogens with zero attached hydrogens (tertiary/aromatic N) is 1. The number of hydrogen-bond donors (Lipinski definition) is 1. The molecule has 88 valence electrons. The summed E-state index contributed by atoms with van der Waals surface area (Å²) in [6.45, 7) is 2.11. The largest absolute Gasteiger partial charge is 0.465 e. The third kappa shape index (κ3) is 4.11. The molecule has 1 atom stereocenters. The predicted octanol–water partition coefficient (Wildman–Crippen LogP) is 1.83. The van der Waals surface area contributed by atoms with Crippen LogP contribution in [0.15, 0.2) is 27.8 Å². The molecule has 0 spiro atoms. The molecule has 1 unspecified atom stereocenters. The molecular formula is C10H13BrN2O2S. The first-order chi connectivity index (χ1) is 7.65. The summed E-state index contributed by atoms with van der Waals surface area (Å²) in [5.74, 6) is 0.0797. The van der Waals surface area contributed by atoms with Crippen LogP contribution >= 0.6 is 27.7 Å². The van der Waals surface area contributed by atoms with Crippen LogP contribution in [-0.2, 0) is 9.53 Å². The van der Waals surface area contributed by atoms with E-state index in [9.17, 15) is 4.79 Å². The molecule has 0 aliphatic carbocycles. The predicted molar refractivity (Wildman–Crippen MR) is 67.3 cm³/mol. The van der Waals surface area contributed by atoms with Gasteiger partial charge < -0.3 is 10.5 Å². The quantitative estimate of drug-likeness (QED) is 0.664. The van der Waals surface area contributed by atoms with Crippen LogP contribution in [0.2, 0.25) is 0 Å². The van der Waals surface area contributed by atoms with Crippen LogP contribution in [0.3, 0.4) is 0 Å². The lowest BCUT2D eigenvalue weighted by Gasteiger charge is -2.09. The molecule has 0 saturated heterocycles. The first-order valence-corrected chi connectivity index (χ1v) is 6.58. The van der Waals surface area contributed by atoms with Crippen LogP contribution in [-0.4, -0.2) is 29.4 Å². The lowest BCUT2D eigenvalue weighted by Crippen LogP contribution is -2.34. The average Bonchev–Trinajstić information content (AvgIpc) is 2.28. The van der Waals surface area contributed by atoms with E-state index in [2.05, 4.69) is 20.9 Å². The zero-order valence-corrected chi connectivity index (χ0v) is 11.3. The van der Waals surface area contributed by atoms with Crippen LogP contribution < -0.4 is 5.73 Å². The average molecular weight is 305 g/mol. The second-order valence-electron chi connectivity index (χ2n) is 2.96. The second-order valence-corrected chi connectivity index (χ2v) is 4.82. The summed E-state index contributed by atoms with van der Waals surface area (Å²) < 4.78 is 5.71. The third-order valence-electron chi connectivity index (χ3n) is 1.71. The van der Waals surface area contributed by atoms with Gasteiger partial charge in [-0.3, -0.25) is 4.79 Å². The molecule has 2 N–H and O–H groups in total. The fraction of sp³-hybridized carbons (Fsp3) is 0.400. The topological polar surface area (TPSA) is 65.2 Å². The van der Waals surface area contributed by atoms with Gasteiger partial charge in [0.05, 0.1) is 6.61 Å². The smallest absolute Gasteiger partial charge is 0.323 e. The number of ether oxygens (including phenoxy) is 1. The molecule has 0 bridgehead atoms. The highest BCUT2D eigenvalue weighted by molar-refractivity contribution is 9.10. The molecule has 0 amide bonds. The van der Waals surface area contributed by atoms with Crippen molar-refractivity contribution in [3.05, 3.63) is 22.8 Å². The Morgan fingerprint density at radius 1 is 1.75 bits per heavy atom. The molecule has 0 aromatic carbocycles. The SMILES string of the molecule is CCOC(=O)C(N)CSc1ncccc1Br. The van der Waals surface area contributed by atoms with Crippen LogP contribution in [0.1, 0.15) is 6.92 Å². The van der Waals surface area contributed by atoms with E-state index < -0.39 is 6.04 Å². The van der Waals surface area contributed by atoms with Crippen LogP contribution in [0.5, 0.6) is 0 Å². The minimum Gasteiger partial charge on any atom is -0.465 e. The van der Waals surface area contributed by atoms with E-state index in [0.29, 0.717) is 12.4 Å². The van der Waals surface area contributed by atoms with Crippen molar-refractivity contribution in [2.45, 2.75) is 18.0 Å². The van der Waals surface area contributed by atoms with E-state index in [0.717, 1.165) is 9.50 Å². The normalized spacial score (nSPS) is 12.2. The zero-order chi connectivity index (χ0) is 12.0. The third-order valence-corrected chi connectivity index (χ3v) is 3.74. The van der Waals surface area contributed by atoms with Gasteiger partial charge in [-0.05, 0) is 35.0 Å². The van der Waals surface area contributed by atoms with Crippen molar-refractivity contribution in [1.82, 2.24) is 4.98 Å². The first-order valence-electron chi connectivity index (χ1n) is 4.80. The van der Waals surface area contributed by atoms with E-state index >= 15 is 0 Å². The van der Waals surface area contributed by atoms with Crippen molar-refractivity contribution in [1.29, 1.82) is 0 Å². The van der Waals surface area contributed by atoms with E-state index in [-0.39, 0.29) is 5.97 Å². The molecule has 0 radical (unpaired) electrons. The van der Waals surface area contributed by atoms with Gasteiger partial charge in [-0.15, -0.1) is 11.8 Å². The number of aromatic nitrogens is 1. The van der Waals surface area contributed by atoms with Crippen molar-refractivity contribution < 1.29 is 9.53 Å². The Hall–Kier alpha value is -0.590. The first kappa shape index (κ1) is 13.5. The molecular weight excluding hydrogens is 292 g/mol. The van der Waals surface area contributed by atoms with E-state index in [1.807, 2.05) is 12.1 Å². The highest BCUT2D eigenvalue weighted by Crippen LogP contribution is 2.24. The van der Waals surface area contributed by atoms with Gasteiger partial charge in [0, 0.05) is 16.4 Å². The molecule has 0 aliphatic heterocycles. The molecule has 16 heavy (non-hydrogen) atoms. The Labute approximate surface area is 107 Å². The Bertz CT molecular complexity index is 362. The molecule has 1 heterocycles. The number of carbonyl (C=O) groups excluding carboxylic acids is 1. The van der Waals surface area contributed by atoms with Crippen LogP contribution in [0.25, 0.3) is 0 Å². The van der Waals surface area contributed by atoms with Gasteiger partial charge in [0.2, 0.25) is 0 Å². The summed E-state index contributed by atoms with van der Waals surface area (Å²) in [5, 5.41) is 0.822. The van der Waals surface area contributed by atoms with E-state index in [1.165, 1.54) is 11.8 Å². The van der Waals surface area contributed by atoms with Gasteiger partial charge >= 0.3 is 5.97 Å². The molecule has 4 nitrogen and oxygen atoms in total. The molecule has 1 rings (SSSR count). The van der Waals surface area contributed by atoms with Crippen LogP contribution in [0.4, 0.5) is 0 Å². The van der Waals surface area contributed by atoms with Gasteiger partial charge in [-0.1, -0.05) is 0 Å². The number of rotatable bonds is 5. The lowest BCUT2D eigenvalue weighted by molar-refractivity contribution is -0.144. The molecule has 0 aliphatic rings. The zero-order valence-electron chi connectivity index (χ0n) is 8.85. The monoisotopic (exact) mass is 304 g/mol. The summed E-state index contributed by atoms with van der Waals surface area (Å²) >= 11 is 4.80. The number of halogens is 1. The number of esters is 1. The minimum atomic E-state index is -0.612. The summed E-state index contributed by atoms with van der Waals surface area (Å²) in [5.41, 5.74) is 5.66. The maximum atomic E-state index is 11.3. The van der Waals surface area contributed by atoms with E-state index in [1.54, 1.807) is 13.1 Å². The number of carbonyl (C=O) groups is 1. The molecule has 1 aromatic rings. The number of thioether (sulfide) groups is 1. The fourth-order valence-corrected chi connectivity index (χ4v) is 2.38.